The van der Waals surface area contributed by atoms with Gasteiger partial charge in [0.05, 0.1) is 18.4 Å². The van der Waals surface area contributed by atoms with Crippen molar-refractivity contribution in [1.29, 1.82) is 0 Å². The first kappa shape index (κ1) is 19.7. The number of ether oxygens (including phenoxy) is 1. The molecule has 30 heavy (non-hydrogen) atoms. The minimum Gasteiger partial charge on any atom is -0.489 e. The highest BCUT2D eigenvalue weighted by Gasteiger charge is 2.14. The molecular weight excluding hydrogens is 380 g/mol. The summed E-state index contributed by atoms with van der Waals surface area (Å²) in [7, 11) is 0. The van der Waals surface area contributed by atoms with Crippen LogP contribution in [0.3, 0.4) is 0 Å². The zero-order valence-corrected chi connectivity index (χ0v) is 16.6. The topological polar surface area (TPSA) is 98.6 Å². The molecule has 4 aromatic rings. The number of furan rings is 1. The second kappa shape index (κ2) is 8.39. The highest BCUT2D eigenvalue weighted by molar-refractivity contribution is 5.95. The number of fused-ring (bicyclic) bond motifs is 1. The van der Waals surface area contributed by atoms with E-state index in [4.69, 9.17) is 20.0 Å². The van der Waals surface area contributed by atoms with Crippen molar-refractivity contribution in [1.82, 2.24) is 4.98 Å². The van der Waals surface area contributed by atoms with E-state index in [0.717, 1.165) is 38.9 Å². The van der Waals surface area contributed by atoms with Gasteiger partial charge in [-0.2, -0.15) is 0 Å². The van der Waals surface area contributed by atoms with Gasteiger partial charge < -0.3 is 20.0 Å². The molecular formula is C24H22N2O4. The molecule has 0 fully saturated rings. The molecule has 0 aliphatic carbocycles. The van der Waals surface area contributed by atoms with Gasteiger partial charge in [-0.25, -0.2) is 0 Å². The van der Waals surface area contributed by atoms with Crippen LogP contribution in [0.5, 0.6) is 5.75 Å². The summed E-state index contributed by atoms with van der Waals surface area (Å²) in [6.07, 6.45) is 3.40. The normalized spacial score (nSPS) is 11.0. The summed E-state index contributed by atoms with van der Waals surface area (Å²) in [4.78, 5) is 15.4. The molecule has 152 valence electrons. The van der Waals surface area contributed by atoms with Crippen molar-refractivity contribution in [2.45, 2.75) is 26.5 Å². The number of para-hydroxylation sites is 1. The van der Waals surface area contributed by atoms with Crippen LogP contribution < -0.4 is 10.5 Å². The first-order valence-corrected chi connectivity index (χ1v) is 9.63. The van der Waals surface area contributed by atoms with E-state index in [1.807, 2.05) is 43.3 Å². The monoisotopic (exact) mass is 402 g/mol. The highest BCUT2D eigenvalue weighted by Crippen LogP contribution is 2.34. The average Bonchev–Trinajstić information content (AvgIpc) is 3.13. The van der Waals surface area contributed by atoms with Gasteiger partial charge in [0.2, 0.25) is 0 Å². The first-order valence-electron chi connectivity index (χ1n) is 9.63. The van der Waals surface area contributed by atoms with Gasteiger partial charge in [-0.3, -0.25) is 9.78 Å². The van der Waals surface area contributed by atoms with Crippen LogP contribution in [0.15, 0.2) is 65.4 Å². The molecule has 0 unspecified atom stereocenters. The molecule has 0 aliphatic rings. The molecule has 2 aromatic heterocycles. The maximum absolute atomic E-state index is 11.1. The van der Waals surface area contributed by atoms with Crippen LogP contribution in [0.4, 0.5) is 0 Å². The molecule has 0 spiro atoms. The first-order chi connectivity index (χ1) is 14.5. The van der Waals surface area contributed by atoms with Gasteiger partial charge in [0.1, 0.15) is 17.9 Å². The summed E-state index contributed by atoms with van der Waals surface area (Å²) in [5, 5.41) is 10.1. The molecule has 6 nitrogen and oxygen atoms in total. The van der Waals surface area contributed by atoms with E-state index < -0.39 is 5.97 Å². The van der Waals surface area contributed by atoms with E-state index >= 15 is 0 Å². The van der Waals surface area contributed by atoms with Crippen molar-refractivity contribution in [3.8, 4) is 16.9 Å². The molecule has 0 saturated carbocycles. The number of benzene rings is 2. The fraction of sp³-hybridized carbons (Fsp3) is 0.167. The van der Waals surface area contributed by atoms with Gasteiger partial charge >= 0.3 is 5.97 Å². The number of hydrogen-bond acceptors (Lipinski definition) is 5. The van der Waals surface area contributed by atoms with Crippen LogP contribution in [-0.2, 0) is 24.4 Å². The Hall–Kier alpha value is -3.64. The van der Waals surface area contributed by atoms with E-state index in [2.05, 4.69) is 4.98 Å². The van der Waals surface area contributed by atoms with Crippen molar-refractivity contribution in [2.75, 3.05) is 0 Å². The van der Waals surface area contributed by atoms with Crippen LogP contribution >= 0.6 is 0 Å². The third-order valence-electron chi connectivity index (χ3n) is 4.97. The quantitative estimate of drug-likeness (QED) is 0.473. The van der Waals surface area contributed by atoms with Crippen molar-refractivity contribution in [2.24, 2.45) is 5.73 Å². The maximum atomic E-state index is 11.1. The lowest BCUT2D eigenvalue weighted by atomic mass is 9.99. The van der Waals surface area contributed by atoms with E-state index in [0.29, 0.717) is 24.5 Å². The molecule has 0 saturated heterocycles. The summed E-state index contributed by atoms with van der Waals surface area (Å²) < 4.78 is 11.8. The van der Waals surface area contributed by atoms with Crippen molar-refractivity contribution in [3.05, 3.63) is 83.4 Å². The average molecular weight is 402 g/mol. The largest absolute Gasteiger partial charge is 0.489 e. The number of pyridine rings is 1. The summed E-state index contributed by atoms with van der Waals surface area (Å²) >= 11 is 0. The summed E-state index contributed by atoms with van der Waals surface area (Å²) in [6, 6.07) is 15.2. The molecule has 3 N–H and O–H groups in total. The number of aryl methyl sites for hydroxylation is 1. The molecule has 4 rings (SSSR count). The lowest BCUT2D eigenvalue weighted by Gasteiger charge is -2.12. The van der Waals surface area contributed by atoms with Gasteiger partial charge in [-0.05, 0) is 53.9 Å². The van der Waals surface area contributed by atoms with E-state index in [-0.39, 0.29) is 6.42 Å². The number of aliphatic carboxylic acids is 1. The third kappa shape index (κ3) is 4.04. The van der Waals surface area contributed by atoms with Crippen molar-refractivity contribution in [3.63, 3.8) is 0 Å². The Morgan fingerprint density at radius 2 is 2.03 bits per heavy atom. The van der Waals surface area contributed by atoms with Crippen LogP contribution in [0.1, 0.15) is 22.4 Å². The number of hydrogen-bond donors (Lipinski definition) is 2. The Bertz CT molecular complexity index is 1210. The number of aromatic nitrogens is 1. The van der Waals surface area contributed by atoms with Crippen molar-refractivity contribution >= 4 is 16.9 Å². The zero-order chi connectivity index (χ0) is 21.1. The van der Waals surface area contributed by atoms with Gasteiger partial charge in [-0.1, -0.05) is 18.2 Å². The van der Waals surface area contributed by atoms with Crippen LogP contribution in [0, 0.1) is 6.92 Å². The Kier molecular flexibility index (Phi) is 5.50. The molecule has 2 heterocycles. The Morgan fingerprint density at radius 1 is 1.20 bits per heavy atom. The summed E-state index contributed by atoms with van der Waals surface area (Å²) in [5.41, 5.74) is 11.9. The number of carboxylic acids is 1. The van der Waals surface area contributed by atoms with Crippen LogP contribution in [-0.4, -0.2) is 16.1 Å². The molecule has 0 radical (unpaired) electrons. The molecule has 0 amide bonds. The van der Waals surface area contributed by atoms with Gasteiger partial charge in [0, 0.05) is 29.3 Å². The predicted octanol–water partition coefficient (Wildman–Crippen LogP) is 4.47. The SMILES string of the molecule is Cc1coc2c(-c3ccnc(CN)c3)cc(COc3ccccc3CC(=O)O)cc12. The number of nitrogens with zero attached hydrogens (tertiary/aromatic N) is 1. The van der Waals surface area contributed by atoms with Gasteiger partial charge in [0.25, 0.3) is 0 Å². The Balaban J connectivity index is 1.71. The van der Waals surface area contributed by atoms with Crippen LogP contribution in [0.25, 0.3) is 22.1 Å². The molecule has 0 aliphatic heterocycles. The maximum Gasteiger partial charge on any atom is 0.307 e. The van der Waals surface area contributed by atoms with Gasteiger partial charge in [0.15, 0.2) is 0 Å². The van der Waals surface area contributed by atoms with Crippen LogP contribution in [0.2, 0.25) is 0 Å². The number of carboxylic acid groups (broad SMARTS) is 1. The molecule has 0 bridgehead atoms. The molecule has 2 aromatic carbocycles. The van der Waals surface area contributed by atoms with Gasteiger partial charge in [-0.15, -0.1) is 0 Å². The fourth-order valence-electron chi connectivity index (χ4n) is 3.49. The number of carbonyl (C=O) groups is 1. The molecule has 6 heteroatoms. The summed E-state index contributed by atoms with van der Waals surface area (Å²) in [6.45, 7) is 2.66. The van der Waals surface area contributed by atoms with E-state index in [9.17, 15) is 4.79 Å². The van der Waals surface area contributed by atoms with E-state index in [1.54, 1.807) is 24.6 Å². The standard InChI is InChI=1S/C24H22N2O4/c1-15-13-30-24-20(15)8-16(9-21(24)17-6-7-26-19(10-17)12-25)14-29-22-5-3-2-4-18(22)11-23(27)28/h2-10,13H,11-12,14,25H2,1H3,(H,27,28). The number of rotatable bonds is 7. The Morgan fingerprint density at radius 3 is 2.83 bits per heavy atom. The lowest BCUT2D eigenvalue weighted by Crippen LogP contribution is -2.04. The molecule has 0 atom stereocenters. The number of nitrogens with two attached hydrogens (primary N) is 1. The minimum atomic E-state index is -0.892. The second-order valence-corrected chi connectivity index (χ2v) is 7.15. The predicted molar refractivity (Wildman–Crippen MR) is 114 cm³/mol. The zero-order valence-electron chi connectivity index (χ0n) is 16.6. The minimum absolute atomic E-state index is 0.0832. The lowest BCUT2D eigenvalue weighted by molar-refractivity contribution is -0.136. The third-order valence-corrected chi connectivity index (χ3v) is 4.97. The smallest absolute Gasteiger partial charge is 0.307 e. The fourth-order valence-corrected chi connectivity index (χ4v) is 3.49. The Labute approximate surface area is 173 Å². The van der Waals surface area contributed by atoms with Crippen molar-refractivity contribution < 1.29 is 19.1 Å². The van der Waals surface area contributed by atoms with E-state index in [1.165, 1.54) is 0 Å². The second-order valence-electron chi connectivity index (χ2n) is 7.15. The highest BCUT2D eigenvalue weighted by atomic mass is 16.5. The summed E-state index contributed by atoms with van der Waals surface area (Å²) in [5.74, 6) is -0.322.